The Balaban J connectivity index is 1.51. The number of sulfonamides is 1. The van der Waals surface area contributed by atoms with E-state index in [9.17, 15) is 18.0 Å². The molecule has 1 heterocycles. The zero-order chi connectivity index (χ0) is 25.7. The van der Waals surface area contributed by atoms with Gasteiger partial charge in [0, 0.05) is 12.1 Å². The van der Waals surface area contributed by atoms with E-state index < -0.39 is 28.5 Å². The largest absolute Gasteiger partial charge is 0.497 e. The third-order valence-corrected chi connectivity index (χ3v) is 6.11. The molecule has 3 aromatic rings. The Hall–Kier alpha value is -4.18. The molecular formula is C26H25N3O6S. The molecule has 0 aliphatic carbocycles. The molecule has 3 aromatic carbocycles. The summed E-state index contributed by atoms with van der Waals surface area (Å²) in [6.07, 6.45) is 1.51. The van der Waals surface area contributed by atoms with Crippen LogP contribution in [0.4, 0.5) is 5.69 Å². The van der Waals surface area contributed by atoms with Crippen LogP contribution in [-0.4, -0.2) is 51.0 Å². The number of methoxy groups -OCH3 is 1. The molecule has 1 N–H and O–H groups in total. The minimum atomic E-state index is -3.51. The van der Waals surface area contributed by atoms with E-state index in [4.69, 9.17) is 9.47 Å². The van der Waals surface area contributed by atoms with Crippen molar-refractivity contribution in [2.45, 2.75) is 12.5 Å². The summed E-state index contributed by atoms with van der Waals surface area (Å²) in [4.78, 5) is 25.7. The second-order valence-corrected chi connectivity index (χ2v) is 9.92. The summed E-state index contributed by atoms with van der Waals surface area (Å²) < 4.78 is 35.7. The lowest BCUT2D eigenvalue weighted by Crippen LogP contribution is -2.31. The fourth-order valence-corrected chi connectivity index (χ4v) is 4.39. The summed E-state index contributed by atoms with van der Waals surface area (Å²) >= 11 is 0. The molecule has 0 radical (unpaired) electrons. The molecule has 1 unspecified atom stereocenters. The molecule has 186 valence electrons. The monoisotopic (exact) mass is 507 g/mol. The van der Waals surface area contributed by atoms with E-state index >= 15 is 0 Å². The summed E-state index contributed by atoms with van der Waals surface area (Å²) in [6, 6.07) is 22.4. The lowest BCUT2D eigenvalue weighted by molar-refractivity contribution is -0.136. The summed E-state index contributed by atoms with van der Waals surface area (Å²) in [7, 11) is -1.93. The first kappa shape index (κ1) is 24.9. The van der Waals surface area contributed by atoms with Crippen molar-refractivity contribution in [2.24, 2.45) is 5.10 Å². The van der Waals surface area contributed by atoms with Gasteiger partial charge in [-0.25, -0.2) is 18.2 Å². The van der Waals surface area contributed by atoms with Crippen molar-refractivity contribution in [3.05, 3.63) is 95.6 Å². The normalized spacial score (nSPS) is 15.2. The molecule has 0 spiro atoms. The van der Waals surface area contributed by atoms with E-state index in [1.807, 2.05) is 54.6 Å². The van der Waals surface area contributed by atoms with Gasteiger partial charge in [0.15, 0.2) is 6.61 Å². The van der Waals surface area contributed by atoms with Gasteiger partial charge in [-0.1, -0.05) is 48.5 Å². The quantitative estimate of drug-likeness (QED) is 0.466. The molecule has 0 aromatic heterocycles. The number of nitrogens with zero attached hydrogens (tertiary/aromatic N) is 2. The standard InChI is InChI=1S/C26H25N3O6S/c1-34-22-13-11-19(12-14-22)24-16-23(18-7-4-3-5-8-18)27-29(24)25(30)17-35-26(31)20-9-6-10-21(15-20)28-36(2,32)33/h3-15,24,28H,16-17H2,1-2H3. The molecule has 9 nitrogen and oxygen atoms in total. The highest BCUT2D eigenvalue weighted by Gasteiger charge is 2.33. The van der Waals surface area contributed by atoms with E-state index in [-0.39, 0.29) is 17.3 Å². The number of hydrogen-bond acceptors (Lipinski definition) is 7. The maximum Gasteiger partial charge on any atom is 0.338 e. The van der Waals surface area contributed by atoms with Crippen LogP contribution in [0.5, 0.6) is 5.75 Å². The SMILES string of the molecule is COc1ccc(C2CC(c3ccccc3)=NN2C(=O)COC(=O)c2cccc(NS(C)(=O)=O)c2)cc1. The number of carbonyl (C=O) groups is 2. The number of carbonyl (C=O) groups excluding carboxylic acids is 2. The molecule has 1 amide bonds. The van der Waals surface area contributed by atoms with Crippen molar-refractivity contribution in [3.8, 4) is 5.75 Å². The van der Waals surface area contributed by atoms with Gasteiger partial charge in [-0.2, -0.15) is 5.10 Å². The minimum Gasteiger partial charge on any atom is -0.497 e. The van der Waals surface area contributed by atoms with E-state index in [0.29, 0.717) is 12.2 Å². The van der Waals surface area contributed by atoms with Crippen LogP contribution in [0.2, 0.25) is 0 Å². The molecular weight excluding hydrogens is 482 g/mol. The number of ether oxygens (including phenoxy) is 2. The highest BCUT2D eigenvalue weighted by atomic mass is 32.2. The Morgan fingerprint density at radius 2 is 1.75 bits per heavy atom. The summed E-state index contributed by atoms with van der Waals surface area (Å²) in [5, 5.41) is 5.91. The number of amides is 1. The topological polar surface area (TPSA) is 114 Å². The van der Waals surface area contributed by atoms with Crippen molar-refractivity contribution in [3.63, 3.8) is 0 Å². The van der Waals surface area contributed by atoms with E-state index in [1.165, 1.54) is 29.3 Å². The smallest absolute Gasteiger partial charge is 0.338 e. The average Bonchev–Trinajstić information content (AvgIpc) is 3.32. The molecule has 0 saturated heterocycles. The predicted molar refractivity (Wildman–Crippen MR) is 135 cm³/mol. The van der Waals surface area contributed by atoms with Gasteiger partial charge in [0.05, 0.1) is 30.7 Å². The van der Waals surface area contributed by atoms with Crippen molar-refractivity contribution >= 4 is 33.3 Å². The first-order valence-corrected chi connectivity index (χ1v) is 13.0. The molecule has 1 aliphatic heterocycles. The van der Waals surface area contributed by atoms with E-state index in [0.717, 1.165) is 23.1 Å². The third-order valence-electron chi connectivity index (χ3n) is 5.50. The summed E-state index contributed by atoms with van der Waals surface area (Å²) in [5.74, 6) is -0.547. The molecule has 0 fully saturated rings. The lowest BCUT2D eigenvalue weighted by Gasteiger charge is -2.22. The highest BCUT2D eigenvalue weighted by molar-refractivity contribution is 7.92. The second-order valence-electron chi connectivity index (χ2n) is 8.18. The molecule has 36 heavy (non-hydrogen) atoms. The van der Waals surface area contributed by atoms with Crippen LogP contribution in [0.1, 0.15) is 33.9 Å². The molecule has 10 heteroatoms. The Labute approximate surface area is 209 Å². The predicted octanol–water partition coefficient (Wildman–Crippen LogP) is 3.60. The van der Waals surface area contributed by atoms with Gasteiger partial charge in [0.1, 0.15) is 5.75 Å². The first-order chi connectivity index (χ1) is 17.2. The number of nitrogens with one attached hydrogen (secondary N) is 1. The number of benzene rings is 3. The summed E-state index contributed by atoms with van der Waals surface area (Å²) in [5.41, 5.74) is 2.84. The number of esters is 1. The van der Waals surface area contributed by atoms with Crippen molar-refractivity contribution in [2.75, 3.05) is 24.7 Å². The zero-order valence-corrected chi connectivity index (χ0v) is 20.6. The van der Waals surface area contributed by atoms with Gasteiger partial charge in [-0.05, 0) is 41.5 Å². The average molecular weight is 508 g/mol. The maximum absolute atomic E-state index is 13.1. The minimum absolute atomic E-state index is 0.109. The van der Waals surface area contributed by atoms with Gasteiger partial charge in [0.25, 0.3) is 5.91 Å². The van der Waals surface area contributed by atoms with Gasteiger partial charge in [-0.15, -0.1) is 0 Å². The fraction of sp³-hybridized carbons (Fsp3) is 0.192. The van der Waals surface area contributed by atoms with E-state index in [1.54, 1.807) is 7.11 Å². The van der Waals surface area contributed by atoms with Crippen LogP contribution in [0, 0.1) is 0 Å². The molecule has 1 atom stereocenters. The molecule has 4 rings (SSSR count). The Morgan fingerprint density at radius 1 is 1.03 bits per heavy atom. The van der Waals surface area contributed by atoms with Crippen LogP contribution >= 0.6 is 0 Å². The number of hydrazone groups is 1. The van der Waals surface area contributed by atoms with Gasteiger partial charge in [0.2, 0.25) is 10.0 Å². The third kappa shape index (κ3) is 6.08. The Bertz CT molecular complexity index is 1390. The summed E-state index contributed by atoms with van der Waals surface area (Å²) in [6.45, 7) is -0.527. The maximum atomic E-state index is 13.1. The molecule has 0 saturated carbocycles. The highest BCUT2D eigenvalue weighted by Crippen LogP contribution is 2.33. The van der Waals surface area contributed by atoms with Crippen LogP contribution in [0.25, 0.3) is 0 Å². The number of rotatable bonds is 8. The molecule has 0 bridgehead atoms. The Morgan fingerprint density at radius 3 is 2.42 bits per heavy atom. The number of hydrogen-bond donors (Lipinski definition) is 1. The second kappa shape index (κ2) is 10.6. The Kier molecular flexibility index (Phi) is 7.35. The van der Waals surface area contributed by atoms with Crippen LogP contribution < -0.4 is 9.46 Å². The van der Waals surface area contributed by atoms with Crippen molar-refractivity contribution < 1.29 is 27.5 Å². The van der Waals surface area contributed by atoms with Gasteiger partial charge in [-0.3, -0.25) is 9.52 Å². The molecule has 1 aliphatic rings. The van der Waals surface area contributed by atoms with Gasteiger partial charge >= 0.3 is 5.97 Å². The van der Waals surface area contributed by atoms with Crippen molar-refractivity contribution in [1.29, 1.82) is 0 Å². The van der Waals surface area contributed by atoms with Gasteiger partial charge < -0.3 is 9.47 Å². The zero-order valence-electron chi connectivity index (χ0n) is 19.7. The van der Waals surface area contributed by atoms with Crippen LogP contribution in [0.3, 0.4) is 0 Å². The van der Waals surface area contributed by atoms with Crippen LogP contribution in [0.15, 0.2) is 84.0 Å². The van der Waals surface area contributed by atoms with Crippen LogP contribution in [-0.2, 0) is 19.6 Å². The fourth-order valence-electron chi connectivity index (χ4n) is 3.83. The van der Waals surface area contributed by atoms with Crippen molar-refractivity contribution in [1.82, 2.24) is 5.01 Å². The lowest BCUT2D eigenvalue weighted by atomic mass is 9.98. The number of anilines is 1. The van der Waals surface area contributed by atoms with E-state index in [2.05, 4.69) is 9.82 Å². The first-order valence-electron chi connectivity index (χ1n) is 11.1.